The van der Waals surface area contributed by atoms with Gasteiger partial charge in [-0.15, -0.1) is 11.8 Å². The molecule has 1 saturated heterocycles. The van der Waals surface area contributed by atoms with E-state index >= 15 is 0 Å². The molecule has 2 heterocycles. The van der Waals surface area contributed by atoms with Gasteiger partial charge in [-0.2, -0.15) is 0 Å². The minimum absolute atomic E-state index is 0.0817. The van der Waals surface area contributed by atoms with E-state index in [0.717, 1.165) is 48.6 Å². The number of halogens is 1. The van der Waals surface area contributed by atoms with Gasteiger partial charge in [0, 0.05) is 15.7 Å². The van der Waals surface area contributed by atoms with Crippen LogP contribution in [-0.2, 0) is 4.79 Å². The number of hydrogen-bond donors (Lipinski definition) is 2. The predicted molar refractivity (Wildman–Crippen MR) is 87.9 cm³/mol. The maximum Gasteiger partial charge on any atom is 0.240 e. The number of amides is 1. The van der Waals surface area contributed by atoms with Gasteiger partial charge in [-0.1, -0.05) is 18.5 Å². The highest BCUT2D eigenvalue weighted by molar-refractivity contribution is 7.99. The summed E-state index contributed by atoms with van der Waals surface area (Å²) in [5.41, 5.74) is 0.792. The van der Waals surface area contributed by atoms with Crippen LogP contribution in [0.5, 0.6) is 0 Å². The van der Waals surface area contributed by atoms with Crippen molar-refractivity contribution in [3.05, 3.63) is 28.8 Å². The second-order valence-electron chi connectivity index (χ2n) is 5.81. The molecular weight excluding hydrogens is 304 g/mol. The van der Waals surface area contributed by atoms with Crippen molar-refractivity contribution < 1.29 is 4.79 Å². The molecule has 2 aliphatic heterocycles. The van der Waals surface area contributed by atoms with Gasteiger partial charge in [0.25, 0.3) is 0 Å². The summed E-state index contributed by atoms with van der Waals surface area (Å²) in [7, 11) is 0. The largest absolute Gasteiger partial charge is 0.348 e. The number of rotatable bonds is 3. The molecule has 5 heteroatoms. The molecule has 0 spiro atoms. The lowest BCUT2D eigenvalue weighted by atomic mass is 9.92. The fraction of sp³-hybridized carbons (Fsp3) is 0.562. The first kappa shape index (κ1) is 15.2. The summed E-state index contributed by atoms with van der Waals surface area (Å²) in [6.07, 6.45) is 3.80. The van der Waals surface area contributed by atoms with Gasteiger partial charge in [0.15, 0.2) is 0 Å². The molecule has 1 aromatic carbocycles. The first-order valence-electron chi connectivity index (χ1n) is 7.63. The van der Waals surface area contributed by atoms with Crippen molar-refractivity contribution in [1.82, 2.24) is 10.6 Å². The summed E-state index contributed by atoms with van der Waals surface area (Å²) >= 11 is 7.97. The molecule has 2 N–H and O–H groups in total. The highest BCUT2D eigenvalue weighted by atomic mass is 35.5. The van der Waals surface area contributed by atoms with Crippen molar-refractivity contribution in [2.24, 2.45) is 0 Å². The van der Waals surface area contributed by atoms with Crippen LogP contribution in [0.25, 0.3) is 0 Å². The Balaban J connectivity index is 1.80. The minimum atomic E-state index is -0.372. The fourth-order valence-electron chi connectivity index (χ4n) is 3.27. The third-order valence-corrected chi connectivity index (χ3v) is 5.96. The summed E-state index contributed by atoms with van der Waals surface area (Å²) in [6, 6.07) is 6.06. The van der Waals surface area contributed by atoms with Crippen LogP contribution in [0.15, 0.2) is 23.1 Å². The second-order valence-corrected chi connectivity index (χ2v) is 7.38. The number of benzene rings is 1. The summed E-state index contributed by atoms with van der Waals surface area (Å²) in [5, 5.41) is 7.40. The SMILES string of the molecule is CCC1(C(=O)NC2CCSc3ccc(Cl)cc32)CCCN1. The normalized spacial score (nSPS) is 28.2. The van der Waals surface area contributed by atoms with Crippen LogP contribution >= 0.6 is 23.4 Å². The van der Waals surface area contributed by atoms with Gasteiger partial charge in [-0.05, 0) is 56.0 Å². The molecule has 2 aliphatic rings. The number of fused-ring (bicyclic) bond motifs is 1. The summed E-state index contributed by atoms with van der Waals surface area (Å²) < 4.78 is 0. The Morgan fingerprint density at radius 3 is 3.14 bits per heavy atom. The number of carbonyl (C=O) groups is 1. The average molecular weight is 325 g/mol. The van der Waals surface area contributed by atoms with E-state index in [2.05, 4.69) is 23.6 Å². The molecule has 1 fully saturated rings. The summed E-state index contributed by atoms with van der Waals surface area (Å²) in [6.45, 7) is 3.02. The van der Waals surface area contributed by atoms with E-state index in [4.69, 9.17) is 11.6 Å². The Bertz CT molecular complexity index is 543. The Morgan fingerprint density at radius 2 is 2.43 bits per heavy atom. The highest BCUT2D eigenvalue weighted by Crippen LogP contribution is 2.38. The summed E-state index contributed by atoms with van der Waals surface area (Å²) in [4.78, 5) is 14.0. The van der Waals surface area contributed by atoms with Gasteiger partial charge in [0.1, 0.15) is 0 Å². The third-order valence-electron chi connectivity index (χ3n) is 4.60. The smallest absolute Gasteiger partial charge is 0.240 e. The van der Waals surface area contributed by atoms with Gasteiger partial charge in [0.05, 0.1) is 11.6 Å². The van der Waals surface area contributed by atoms with Crippen LogP contribution < -0.4 is 10.6 Å². The van der Waals surface area contributed by atoms with Crippen LogP contribution in [0.2, 0.25) is 5.02 Å². The quantitative estimate of drug-likeness (QED) is 0.893. The molecule has 0 aliphatic carbocycles. The zero-order valence-electron chi connectivity index (χ0n) is 12.2. The van der Waals surface area contributed by atoms with Crippen LogP contribution in [0.4, 0.5) is 0 Å². The van der Waals surface area contributed by atoms with Crippen LogP contribution in [-0.4, -0.2) is 23.7 Å². The fourth-order valence-corrected chi connectivity index (χ4v) is 4.56. The Labute approximate surface area is 135 Å². The maximum atomic E-state index is 12.7. The topological polar surface area (TPSA) is 41.1 Å². The first-order chi connectivity index (χ1) is 10.1. The maximum absolute atomic E-state index is 12.7. The lowest BCUT2D eigenvalue weighted by Crippen LogP contribution is -2.54. The molecule has 2 atom stereocenters. The van der Waals surface area contributed by atoms with Crippen LogP contribution in [0.3, 0.4) is 0 Å². The standard InChI is InChI=1S/C16H21ClN2OS/c1-2-16(7-3-8-18-16)15(20)19-13-6-9-21-14-5-4-11(17)10-12(13)14/h4-5,10,13,18H,2-3,6-9H2,1H3,(H,19,20). The molecule has 0 saturated carbocycles. The van der Waals surface area contributed by atoms with Gasteiger partial charge < -0.3 is 10.6 Å². The van der Waals surface area contributed by atoms with Gasteiger partial charge in [-0.3, -0.25) is 4.79 Å². The van der Waals surface area contributed by atoms with Gasteiger partial charge >= 0.3 is 0 Å². The molecule has 0 radical (unpaired) electrons. The van der Waals surface area contributed by atoms with Crippen molar-refractivity contribution in [2.45, 2.75) is 49.1 Å². The molecule has 3 nitrogen and oxygen atoms in total. The molecule has 3 rings (SSSR count). The number of carbonyl (C=O) groups excluding carboxylic acids is 1. The van der Waals surface area contributed by atoms with E-state index < -0.39 is 0 Å². The van der Waals surface area contributed by atoms with Crippen LogP contribution in [0, 0.1) is 0 Å². The lowest BCUT2D eigenvalue weighted by Gasteiger charge is -2.32. The van der Waals surface area contributed by atoms with E-state index in [9.17, 15) is 4.79 Å². The Kier molecular flexibility index (Phi) is 4.48. The molecule has 0 bridgehead atoms. The monoisotopic (exact) mass is 324 g/mol. The average Bonchev–Trinajstić information content (AvgIpc) is 2.98. The molecule has 1 aromatic rings. The number of nitrogens with one attached hydrogen (secondary N) is 2. The molecular formula is C16H21ClN2OS. The van der Waals surface area contributed by atoms with Crippen molar-refractivity contribution >= 4 is 29.3 Å². The van der Waals surface area contributed by atoms with Crippen molar-refractivity contribution in [3.63, 3.8) is 0 Å². The number of hydrogen-bond acceptors (Lipinski definition) is 3. The zero-order chi connectivity index (χ0) is 14.9. The zero-order valence-corrected chi connectivity index (χ0v) is 13.8. The van der Waals surface area contributed by atoms with Gasteiger partial charge in [-0.25, -0.2) is 0 Å². The molecule has 2 unspecified atom stereocenters. The van der Waals surface area contributed by atoms with E-state index in [1.165, 1.54) is 4.90 Å². The van der Waals surface area contributed by atoms with E-state index in [1.54, 1.807) is 0 Å². The van der Waals surface area contributed by atoms with Crippen molar-refractivity contribution in [2.75, 3.05) is 12.3 Å². The summed E-state index contributed by atoms with van der Waals surface area (Å²) in [5.74, 6) is 1.18. The molecule has 21 heavy (non-hydrogen) atoms. The molecule has 114 valence electrons. The predicted octanol–water partition coefficient (Wildman–Crippen LogP) is 3.53. The Hall–Kier alpha value is -0.710. The number of thioether (sulfide) groups is 1. The third kappa shape index (κ3) is 2.94. The molecule has 1 amide bonds. The van der Waals surface area contributed by atoms with E-state index in [0.29, 0.717) is 0 Å². The molecule has 0 aromatic heterocycles. The van der Waals surface area contributed by atoms with Gasteiger partial charge in [0.2, 0.25) is 5.91 Å². The van der Waals surface area contributed by atoms with Crippen LogP contribution in [0.1, 0.15) is 44.2 Å². The Morgan fingerprint density at radius 1 is 1.57 bits per heavy atom. The van der Waals surface area contributed by atoms with E-state index in [-0.39, 0.29) is 17.5 Å². The second kappa shape index (κ2) is 6.19. The van der Waals surface area contributed by atoms with Crippen molar-refractivity contribution in [3.8, 4) is 0 Å². The van der Waals surface area contributed by atoms with Crippen molar-refractivity contribution in [1.29, 1.82) is 0 Å². The minimum Gasteiger partial charge on any atom is -0.348 e. The highest BCUT2D eigenvalue weighted by Gasteiger charge is 2.40. The lowest BCUT2D eigenvalue weighted by molar-refractivity contribution is -0.128. The first-order valence-corrected chi connectivity index (χ1v) is 8.99. The van der Waals surface area contributed by atoms with E-state index in [1.807, 2.05) is 23.9 Å².